The minimum absolute atomic E-state index is 0.00369. The minimum Gasteiger partial charge on any atom is -0.493 e. The van der Waals surface area contributed by atoms with Crippen LogP contribution in [0.15, 0.2) is 24.3 Å². The number of nitrogens with zero attached hydrogens (tertiary/aromatic N) is 1. The molecule has 0 aliphatic rings. The maximum atomic E-state index is 13.7. The SMILES string of the molecule is COc1cc(C(=O)OC(C)C(=O)Nc2ccc(F)c(F)c2F)c([N+](=O)[O-])cc1OC. The van der Waals surface area contributed by atoms with Crippen molar-refractivity contribution in [3.8, 4) is 11.5 Å². The topological polar surface area (TPSA) is 117 Å². The van der Waals surface area contributed by atoms with Gasteiger partial charge in [0.25, 0.3) is 11.6 Å². The second kappa shape index (κ2) is 9.11. The van der Waals surface area contributed by atoms with E-state index in [-0.39, 0.29) is 11.5 Å². The fourth-order valence-corrected chi connectivity index (χ4v) is 2.32. The lowest BCUT2D eigenvalue weighted by molar-refractivity contribution is -0.385. The zero-order valence-corrected chi connectivity index (χ0v) is 15.8. The number of halogens is 3. The zero-order chi connectivity index (χ0) is 22.6. The molecule has 0 aliphatic carbocycles. The Morgan fingerprint density at radius 1 is 1.07 bits per heavy atom. The van der Waals surface area contributed by atoms with Crippen LogP contribution in [0.25, 0.3) is 0 Å². The standard InChI is InChI=1S/C18H15F3N2O7/c1-8(17(24)22-11-5-4-10(19)15(20)16(11)21)30-18(25)9-6-13(28-2)14(29-3)7-12(9)23(26)27/h4-8H,1-3H3,(H,22,24). The van der Waals surface area contributed by atoms with Crippen LogP contribution >= 0.6 is 0 Å². The summed E-state index contributed by atoms with van der Waals surface area (Å²) in [7, 11) is 2.48. The van der Waals surface area contributed by atoms with Crippen LogP contribution in [-0.4, -0.2) is 37.1 Å². The third kappa shape index (κ3) is 4.59. The number of anilines is 1. The van der Waals surface area contributed by atoms with Gasteiger partial charge in [0.1, 0.15) is 5.56 Å². The normalized spacial score (nSPS) is 11.4. The number of benzene rings is 2. The van der Waals surface area contributed by atoms with Crippen molar-refractivity contribution < 1.29 is 41.9 Å². The molecule has 2 rings (SSSR count). The van der Waals surface area contributed by atoms with E-state index in [0.29, 0.717) is 6.07 Å². The molecule has 0 fully saturated rings. The molecule has 2 aromatic rings. The average molecular weight is 428 g/mol. The average Bonchev–Trinajstić information content (AvgIpc) is 2.72. The summed E-state index contributed by atoms with van der Waals surface area (Å²) in [5.41, 5.74) is -1.88. The predicted molar refractivity (Wildman–Crippen MR) is 96.0 cm³/mol. The summed E-state index contributed by atoms with van der Waals surface area (Å²) in [6.45, 7) is 1.09. The Morgan fingerprint density at radius 2 is 1.67 bits per heavy atom. The van der Waals surface area contributed by atoms with Crippen molar-refractivity contribution in [1.29, 1.82) is 0 Å². The molecule has 9 nitrogen and oxygen atoms in total. The van der Waals surface area contributed by atoms with Crippen molar-refractivity contribution >= 4 is 23.3 Å². The first-order valence-electron chi connectivity index (χ1n) is 8.16. The molecule has 1 unspecified atom stereocenters. The van der Waals surface area contributed by atoms with Gasteiger partial charge < -0.3 is 19.5 Å². The van der Waals surface area contributed by atoms with E-state index in [1.54, 1.807) is 0 Å². The van der Waals surface area contributed by atoms with Gasteiger partial charge in [-0.3, -0.25) is 14.9 Å². The van der Waals surface area contributed by atoms with E-state index in [2.05, 4.69) is 0 Å². The van der Waals surface area contributed by atoms with Gasteiger partial charge in [0.15, 0.2) is 35.1 Å². The highest BCUT2D eigenvalue weighted by atomic mass is 19.2. The molecule has 0 aliphatic heterocycles. The number of nitro groups is 1. The van der Waals surface area contributed by atoms with Crippen LogP contribution in [0.2, 0.25) is 0 Å². The predicted octanol–water partition coefficient (Wildman–Crippen LogP) is 3.21. The first-order valence-corrected chi connectivity index (χ1v) is 8.16. The van der Waals surface area contributed by atoms with Crippen molar-refractivity contribution in [3.05, 3.63) is 57.4 Å². The number of methoxy groups -OCH3 is 2. The lowest BCUT2D eigenvalue weighted by Crippen LogP contribution is -2.30. The molecule has 30 heavy (non-hydrogen) atoms. The van der Waals surface area contributed by atoms with Crippen LogP contribution in [-0.2, 0) is 9.53 Å². The van der Waals surface area contributed by atoms with Gasteiger partial charge in [-0.15, -0.1) is 0 Å². The molecule has 0 radical (unpaired) electrons. The van der Waals surface area contributed by atoms with Crippen LogP contribution in [0, 0.1) is 27.6 Å². The Kier molecular flexibility index (Phi) is 6.82. The third-order valence-corrected chi connectivity index (χ3v) is 3.86. The van der Waals surface area contributed by atoms with Gasteiger partial charge >= 0.3 is 5.97 Å². The van der Waals surface area contributed by atoms with Gasteiger partial charge in [-0.2, -0.15) is 0 Å². The Labute approximate surface area is 167 Å². The van der Waals surface area contributed by atoms with E-state index in [1.165, 1.54) is 14.2 Å². The molecule has 0 bridgehead atoms. The molecule has 1 N–H and O–H groups in total. The molecule has 0 saturated heterocycles. The molecular weight excluding hydrogens is 413 g/mol. The van der Waals surface area contributed by atoms with E-state index in [9.17, 15) is 32.9 Å². The van der Waals surface area contributed by atoms with Crippen LogP contribution in [0.3, 0.4) is 0 Å². The van der Waals surface area contributed by atoms with Gasteiger partial charge in [0.05, 0.1) is 30.9 Å². The molecule has 1 amide bonds. The van der Waals surface area contributed by atoms with Gasteiger partial charge in [0, 0.05) is 6.07 Å². The Bertz CT molecular complexity index is 1010. The molecular formula is C18H15F3N2O7. The quantitative estimate of drug-likeness (QED) is 0.311. The summed E-state index contributed by atoms with van der Waals surface area (Å²) in [4.78, 5) is 34.9. The van der Waals surface area contributed by atoms with Crippen molar-refractivity contribution in [2.45, 2.75) is 13.0 Å². The smallest absolute Gasteiger partial charge is 0.346 e. The first kappa shape index (κ1) is 22.5. The number of esters is 1. The van der Waals surface area contributed by atoms with Gasteiger partial charge in [-0.05, 0) is 19.1 Å². The lowest BCUT2D eigenvalue weighted by atomic mass is 10.1. The van der Waals surface area contributed by atoms with Gasteiger partial charge in [0.2, 0.25) is 0 Å². The second-order valence-corrected chi connectivity index (χ2v) is 5.74. The molecule has 0 aromatic heterocycles. The van der Waals surface area contributed by atoms with Crippen LogP contribution in [0.1, 0.15) is 17.3 Å². The van der Waals surface area contributed by atoms with E-state index in [4.69, 9.17) is 14.2 Å². The number of nitrogens with one attached hydrogen (secondary N) is 1. The van der Waals surface area contributed by atoms with Crippen molar-refractivity contribution in [1.82, 2.24) is 0 Å². The molecule has 0 saturated carbocycles. The monoisotopic (exact) mass is 428 g/mol. The summed E-state index contributed by atoms with van der Waals surface area (Å²) in [6.07, 6.45) is -1.57. The third-order valence-electron chi connectivity index (χ3n) is 3.86. The Balaban J connectivity index is 2.24. The van der Waals surface area contributed by atoms with Crippen LogP contribution in [0.4, 0.5) is 24.5 Å². The molecule has 12 heteroatoms. The van der Waals surface area contributed by atoms with Crippen LogP contribution < -0.4 is 14.8 Å². The fourth-order valence-electron chi connectivity index (χ4n) is 2.32. The largest absolute Gasteiger partial charge is 0.493 e. The lowest BCUT2D eigenvalue weighted by Gasteiger charge is -2.15. The number of carbonyl (C=O) groups excluding carboxylic acids is 2. The van der Waals surface area contributed by atoms with E-state index < -0.39 is 57.3 Å². The van der Waals surface area contributed by atoms with Crippen LogP contribution in [0.5, 0.6) is 11.5 Å². The number of hydrogen-bond donors (Lipinski definition) is 1. The summed E-state index contributed by atoms with van der Waals surface area (Å²) in [6, 6.07) is 3.31. The summed E-state index contributed by atoms with van der Waals surface area (Å²) in [5, 5.41) is 13.2. The second-order valence-electron chi connectivity index (χ2n) is 5.74. The van der Waals surface area contributed by atoms with E-state index >= 15 is 0 Å². The number of ether oxygens (including phenoxy) is 3. The van der Waals surface area contributed by atoms with Gasteiger partial charge in [-0.25, -0.2) is 18.0 Å². The zero-order valence-electron chi connectivity index (χ0n) is 15.8. The maximum Gasteiger partial charge on any atom is 0.346 e. The maximum absolute atomic E-state index is 13.7. The number of carbonyl (C=O) groups is 2. The highest BCUT2D eigenvalue weighted by Gasteiger charge is 2.29. The van der Waals surface area contributed by atoms with Crippen molar-refractivity contribution in [2.75, 3.05) is 19.5 Å². The first-order chi connectivity index (χ1) is 14.1. The minimum atomic E-state index is -1.79. The number of amides is 1. The van der Waals surface area contributed by atoms with Crippen molar-refractivity contribution in [2.24, 2.45) is 0 Å². The summed E-state index contributed by atoms with van der Waals surface area (Å²) in [5.74, 6) is -7.25. The van der Waals surface area contributed by atoms with Crippen molar-refractivity contribution in [3.63, 3.8) is 0 Å². The fraction of sp³-hybridized carbons (Fsp3) is 0.222. The number of nitro benzene ring substituents is 1. The van der Waals surface area contributed by atoms with E-state index in [1.807, 2.05) is 5.32 Å². The Morgan fingerprint density at radius 3 is 2.23 bits per heavy atom. The summed E-state index contributed by atoms with van der Waals surface area (Å²) < 4.78 is 54.7. The van der Waals surface area contributed by atoms with Gasteiger partial charge in [-0.1, -0.05) is 0 Å². The number of rotatable bonds is 7. The Hall–Kier alpha value is -3.83. The highest BCUT2D eigenvalue weighted by molar-refractivity contribution is 5.99. The highest BCUT2D eigenvalue weighted by Crippen LogP contribution is 2.35. The molecule has 0 heterocycles. The number of hydrogen-bond acceptors (Lipinski definition) is 7. The van der Waals surface area contributed by atoms with E-state index in [0.717, 1.165) is 25.1 Å². The molecule has 0 spiro atoms. The summed E-state index contributed by atoms with van der Waals surface area (Å²) >= 11 is 0. The molecule has 2 aromatic carbocycles. The molecule has 160 valence electrons. The molecule has 1 atom stereocenters.